The fourth-order valence-corrected chi connectivity index (χ4v) is 1.89. The number of fused-ring (bicyclic) bond motifs is 1. The third-order valence-electron chi connectivity index (χ3n) is 2.07. The summed E-state index contributed by atoms with van der Waals surface area (Å²) in [7, 11) is 0. The molecule has 0 saturated heterocycles. The minimum absolute atomic E-state index is 0.121. The first-order valence-corrected chi connectivity index (χ1v) is 4.77. The zero-order valence-corrected chi connectivity index (χ0v) is 8.92. The van der Waals surface area contributed by atoms with Crippen LogP contribution in [-0.4, -0.2) is 21.3 Å². The number of aromatic amines is 1. The Morgan fingerprint density at radius 2 is 2.29 bits per heavy atom. The largest absolute Gasteiger partial charge is 0.477 e. The van der Waals surface area contributed by atoms with Crippen LogP contribution < -0.4 is 0 Å². The van der Waals surface area contributed by atoms with Crippen molar-refractivity contribution >= 4 is 32.8 Å². The smallest absolute Gasteiger partial charge is 0.354 e. The summed E-state index contributed by atoms with van der Waals surface area (Å²) in [5.41, 5.74) is 1.76. The van der Waals surface area contributed by atoms with Gasteiger partial charge >= 0.3 is 5.97 Å². The van der Waals surface area contributed by atoms with E-state index in [1.54, 1.807) is 0 Å². The van der Waals surface area contributed by atoms with Gasteiger partial charge in [0, 0.05) is 9.86 Å². The molecule has 1 aromatic carbocycles. The lowest BCUT2D eigenvalue weighted by molar-refractivity contribution is 0.0692. The van der Waals surface area contributed by atoms with Gasteiger partial charge in [-0.15, -0.1) is 0 Å². The Kier molecular flexibility index (Phi) is 2.03. The lowest BCUT2D eigenvalue weighted by atomic mass is 10.1. The minimum Gasteiger partial charge on any atom is -0.477 e. The topological polar surface area (TPSA) is 66.0 Å². The highest BCUT2D eigenvalue weighted by Gasteiger charge is 2.15. The molecule has 0 spiro atoms. The lowest BCUT2D eigenvalue weighted by Gasteiger charge is -1.97. The summed E-state index contributed by atoms with van der Waals surface area (Å²) < 4.78 is 0.740. The second-order valence-corrected chi connectivity index (χ2v) is 3.85. The number of nitrogens with zero attached hydrogens (tertiary/aromatic N) is 1. The van der Waals surface area contributed by atoms with E-state index >= 15 is 0 Å². The van der Waals surface area contributed by atoms with Gasteiger partial charge in [0.2, 0.25) is 0 Å². The van der Waals surface area contributed by atoms with Crippen molar-refractivity contribution in [3.05, 3.63) is 27.9 Å². The number of carboxylic acids is 1. The normalized spacial score (nSPS) is 10.7. The van der Waals surface area contributed by atoms with Gasteiger partial charge < -0.3 is 5.11 Å². The molecule has 14 heavy (non-hydrogen) atoms. The van der Waals surface area contributed by atoms with Gasteiger partial charge in [0.05, 0.1) is 5.52 Å². The molecule has 0 saturated carbocycles. The van der Waals surface area contributed by atoms with Crippen molar-refractivity contribution in [3.63, 3.8) is 0 Å². The van der Waals surface area contributed by atoms with Crippen molar-refractivity contribution in [3.8, 4) is 0 Å². The first kappa shape index (κ1) is 9.21. The molecule has 1 heterocycles. The molecule has 0 atom stereocenters. The van der Waals surface area contributed by atoms with E-state index in [0.717, 1.165) is 10.0 Å². The van der Waals surface area contributed by atoms with Gasteiger partial charge in [-0.05, 0) is 18.6 Å². The first-order valence-electron chi connectivity index (χ1n) is 3.97. The molecular formula is C9H7BrN2O2. The number of hydrogen-bond donors (Lipinski definition) is 2. The summed E-state index contributed by atoms with van der Waals surface area (Å²) in [6.07, 6.45) is 0. The van der Waals surface area contributed by atoms with Crippen LogP contribution in [0, 0.1) is 6.92 Å². The molecule has 4 nitrogen and oxygen atoms in total. The van der Waals surface area contributed by atoms with E-state index in [0.29, 0.717) is 10.9 Å². The zero-order valence-electron chi connectivity index (χ0n) is 7.34. The minimum atomic E-state index is -1.00. The number of carboxylic acid groups (broad SMARTS) is 1. The molecule has 0 radical (unpaired) electrons. The molecule has 72 valence electrons. The average molecular weight is 255 g/mol. The van der Waals surface area contributed by atoms with E-state index in [1.165, 1.54) is 0 Å². The lowest BCUT2D eigenvalue weighted by Crippen LogP contribution is -1.97. The van der Waals surface area contributed by atoms with Gasteiger partial charge in [0.25, 0.3) is 0 Å². The highest BCUT2D eigenvalue weighted by molar-refractivity contribution is 9.10. The second-order valence-electron chi connectivity index (χ2n) is 2.99. The predicted octanol–water partition coefficient (Wildman–Crippen LogP) is 2.33. The molecule has 0 amide bonds. The predicted molar refractivity (Wildman–Crippen MR) is 55.5 cm³/mol. The molecule has 0 aliphatic rings. The Morgan fingerprint density at radius 3 is 2.93 bits per heavy atom. The molecule has 2 N–H and O–H groups in total. The number of carbonyl (C=O) groups is 1. The number of rotatable bonds is 1. The molecule has 0 bridgehead atoms. The molecular weight excluding hydrogens is 248 g/mol. The maximum atomic E-state index is 10.8. The molecule has 1 aromatic heterocycles. The van der Waals surface area contributed by atoms with Gasteiger partial charge in [-0.25, -0.2) is 4.79 Å². The average Bonchev–Trinajstić information content (AvgIpc) is 2.56. The number of aryl methyl sites for hydroxylation is 1. The Balaban J connectivity index is 2.90. The molecule has 0 aliphatic heterocycles. The molecule has 2 aromatic rings. The fraction of sp³-hybridized carbons (Fsp3) is 0.111. The quantitative estimate of drug-likeness (QED) is 0.821. The van der Waals surface area contributed by atoms with Crippen molar-refractivity contribution in [2.45, 2.75) is 6.92 Å². The van der Waals surface area contributed by atoms with Crippen LogP contribution in [0.25, 0.3) is 10.9 Å². The summed E-state index contributed by atoms with van der Waals surface area (Å²) >= 11 is 3.31. The summed E-state index contributed by atoms with van der Waals surface area (Å²) in [4.78, 5) is 10.8. The van der Waals surface area contributed by atoms with E-state index in [4.69, 9.17) is 5.11 Å². The van der Waals surface area contributed by atoms with Gasteiger partial charge in [-0.2, -0.15) is 5.10 Å². The highest BCUT2D eigenvalue weighted by atomic mass is 79.9. The number of benzene rings is 1. The summed E-state index contributed by atoms with van der Waals surface area (Å²) in [5.74, 6) is -1.00. The highest BCUT2D eigenvalue weighted by Crippen LogP contribution is 2.27. The summed E-state index contributed by atoms with van der Waals surface area (Å²) in [5, 5.41) is 16.0. The maximum absolute atomic E-state index is 10.8. The molecule has 0 unspecified atom stereocenters. The van der Waals surface area contributed by atoms with Crippen LogP contribution in [0.3, 0.4) is 0 Å². The van der Waals surface area contributed by atoms with Crippen LogP contribution in [0.1, 0.15) is 16.1 Å². The monoisotopic (exact) mass is 254 g/mol. The summed E-state index contributed by atoms with van der Waals surface area (Å²) in [6, 6.07) is 3.71. The van der Waals surface area contributed by atoms with Crippen LogP contribution in [0.15, 0.2) is 16.6 Å². The van der Waals surface area contributed by atoms with Crippen molar-refractivity contribution in [1.29, 1.82) is 0 Å². The zero-order chi connectivity index (χ0) is 10.3. The number of aromatic nitrogens is 2. The number of halogens is 1. The van der Waals surface area contributed by atoms with Crippen molar-refractivity contribution in [2.24, 2.45) is 0 Å². The number of nitrogens with one attached hydrogen (secondary N) is 1. The Hall–Kier alpha value is -1.36. The van der Waals surface area contributed by atoms with Gasteiger partial charge in [0.15, 0.2) is 5.69 Å². The Labute approximate surface area is 88.1 Å². The molecule has 0 fully saturated rings. The van der Waals surface area contributed by atoms with E-state index in [1.807, 2.05) is 19.1 Å². The third-order valence-corrected chi connectivity index (χ3v) is 2.73. The van der Waals surface area contributed by atoms with E-state index in [2.05, 4.69) is 26.1 Å². The molecule has 5 heteroatoms. The van der Waals surface area contributed by atoms with Crippen molar-refractivity contribution in [2.75, 3.05) is 0 Å². The van der Waals surface area contributed by atoms with Crippen LogP contribution in [0.4, 0.5) is 0 Å². The Morgan fingerprint density at radius 1 is 1.57 bits per heavy atom. The number of H-pyrrole nitrogens is 1. The Bertz CT molecular complexity index is 519. The molecule has 2 rings (SSSR count). The standard InChI is InChI=1S/C9H7BrN2O2/c1-4-2-3-5(10)6-7(4)11-12-8(6)9(13)14/h2-3H,1H3,(H,11,12)(H,13,14). The van der Waals surface area contributed by atoms with Crippen LogP contribution in [-0.2, 0) is 0 Å². The maximum Gasteiger partial charge on any atom is 0.354 e. The second kappa shape index (κ2) is 3.09. The van der Waals surface area contributed by atoms with Gasteiger partial charge in [-0.1, -0.05) is 22.0 Å². The van der Waals surface area contributed by atoms with E-state index < -0.39 is 5.97 Å². The van der Waals surface area contributed by atoms with Crippen LogP contribution in [0.5, 0.6) is 0 Å². The van der Waals surface area contributed by atoms with Crippen LogP contribution >= 0.6 is 15.9 Å². The number of aromatic carboxylic acids is 1. The van der Waals surface area contributed by atoms with Crippen molar-refractivity contribution < 1.29 is 9.90 Å². The van der Waals surface area contributed by atoms with Crippen LogP contribution in [0.2, 0.25) is 0 Å². The van der Waals surface area contributed by atoms with Gasteiger partial charge in [-0.3, -0.25) is 5.10 Å². The van der Waals surface area contributed by atoms with E-state index in [9.17, 15) is 4.79 Å². The first-order chi connectivity index (χ1) is 6.61. The fourth-order valence-electron chi connectivity index (χ4n) is 1.38. The molecule has 0 aliphatic carbocycles. The summed E-state index contributed by atoms with van der Waals surface area (Å²) in [6.45, 7) is 1.89. The number of hydrogen-bond acceptors (Lipinski definition) is 2. The third kappa shape index (κ3) is 1.21. The van der Waals surface area contributed by atoms with Crippen molar-refractivity contribution in [1.82, 2.24) is 10.2 Å². The van der Waals surface area contributed by atoms with E-state index in [-0.39, 0.29) is 5.69 Å². The van der Waals surface area contributed by atoms with Gasteiger partial charge in [0.1, 0.15) is 0 Å². The SMILES string of the molecule is Cc1ccc(Br)c2c(C(=O)O)[nH]nc12.